The van der Waals surface area contributed by atoms with E-state index in [0.29, 0.717) is 0 Å². The first-order chi connectivity index (χ1) is 10.4. The quantitative estimate of drug-likeness (QED) is 0.267. The van der Waals surface area contributed by atoms with E-state index in [9.17, 15) is 0 Å². The van der Waals surface area contributed by atoms with Crippen LogP contribution in [0.4, 0.5) is 0 Å². The molecule has 0 saturated heterocycles. The zero-order chi connectivity index (χ0) is 14.8. The number of aryl methyl sites for hydroxylation is 1. The molecular weight excluding hydrogens is 401 g/mol. The van der Waals surface area contributed by atoms with Gasteiger partial charge in [-0.3, -0.25) is 0 Å². The lowest BCUT2D eigenvalue weighted by molar-refractivity contribution is 0.556. The molecule has 0 aliphatic heterocycles. The van der Waals surface area contributed by atoms with Crippen molar-refractivity contribution in [3.05, 3.63) is 29.3 Å². The van der Waals surface area contributed by atoms with Crippen molar-refractivity contribution in [1.82, 2.24) is 4.98 Å². The van der Waals surface area contributed by atoms with Crippen LogP contribution in [0.3, 0.4) is 0 Å². The summed E-state index contributed by atoms with van der Waals surface area (Å²) < 4.78 is 1.40. The van der Waals surface area contributed by atoms with E-state index in [2.05, 4.69) is 30.1 Å². The number of nitrogens with zero attached hydrogens (tertiary/aromatic N) is 1. The first-order valence-corrected chi connectivity index (χ1v) is 9.61. The van der Waals surface area contributed by atoms with Gasteiger partial charge in [0.15, 0.2) is 0 Å². The Labute approximate surface area is 156 Å². The minimum Gasteiger partial charge on any atom is -0.245 e. The highest BCUT2D eigenvalue weighted by atomic mass is 127. The minimum atomic E-state index is 0. The van der Waals surface area contributed by atoms with Crippen LogP contribution >= 0.6 is 35.3 Å². The van der Waals surface area contributed by atoms with Gasteiger partial charge in [-0.05, 0) is 24.5 Å². The molecule has 2 rings (SSSR count). The number of hydrogen-bond acceptors (Lipinski definition) is 2. The minimum absolute atomic E-state index is 0. The van der Waals surface area contributed by atoms with E-state index < -0.39 is 0 Å². The lowest BCUT2D eigenvalue weighted by atomic mass is 10.0. The fourth-order valence-electron chi connectivity index (χ4n) is 2.94. The van der Waals surface area contributed by atoms with Crippen LogP contribution in [0.2, 0.25) is 0 Å². The normalized spacial score (nSPS) is 10.8. The van der Waals surface area contributed by atoms with Crippen molar-refractivity contribution in [2.45, 2.75) is 77.6 Å². The van der Waals surface area contributed by atoms with Gasteiger partial charge in [-0.1, -0.05) is 76.8 Å². The van der Waals surface area contributed by atoms with Gasteiger partial charge < -0.3 is 0 Å². The molecule has 22 heavy (non-hydrogen) atoms. The van der Waals surface area contributed by atoms with Crippen molar-refractivity contribution in [2.24, 2.45) is 0 Å². The molecular formula is C19H30INS. The van der Waals surface area contributed by atoms with Crippen molar-refractivity contribution in [3.8, 4) is 0 Å². The Hall–Kier alpha value is -0.160. The number of hydrogen-bond donors (Lipinski definition) is 0. The summed E-state index contributed by atoms with van der Waals surface area (Å²) in [4.78, 5) is 4.40. The molecule has 2 aromatic rings. The first-order valence-electron chi connectivity index (χ1n) is 8.73. The summed E-state index contributed by atoms with van der Waals surface area (Å²) in [5.41, 5.74) is 4.63. The Kier molecular flexibility index (Phi) is 11.1. The predicted molar refractivity (Wildman–Crippen MR) is 111 cm³/mol. The molecule has 0 bridgehead atoms. The third-order valence-electron chi connectivity index (χ3n) is 4.24. The summed E-state index contributed by atoms with van der Waals surface area (Å²) in [6.07, 6.45) is 15.3. The number of halogens is 1. The van der Waals surface area contributed by atoms with Crippen LogP contribution in [-0.4, -0.2) is 4.98 Å². The zero-order valence-corrected chi connectivity index (χ0v) is 17.0. The number of benzene rings is 1. The van der Waals surface area contributed by atoms with Crippen LogP contribution in [0.15, 0.2) is 23.7 Å². The van der Waals surface area contributed by atoms with E-state index in [1.54, 1.807) is 11.3 Å². The van der Waals surface area contributed by atoms with Crippen LogP contribution in [0.5, 0.6) is 0 Å². The molecule has 1 aromatic carbocycles. The van der Waals surface area contributed by atoms with Crippen LogP contribution < -0.4 is 0 Å². The van der Waals surface area contributed by atoms with E-state index in [4.69, 9.17) is 0 Å². The molecule has 0 spiro atoms. The van der Waals surface area contributed by atoms with Crippen molar-refractivity contribution in [1.29, 1.82) is 0 Å². The number of thiazole rings is 1. The van der Waals surface area contributed by atoms with Gasteiger partial charge in [-0.2, -0.15) is 0 Å². The topological polar surface area (TPSA) is 12.9 Å². The number of rotatable bonds is 11. The molecule has 0 radical (unpaired) electrons. The third kappa shape index (κ3) is 6.95. The van der Waals surface area contributed by atoms with Gasteiger partial charge in [0, 0.05) is 0 Å². The first kappa shape index (κ1) is 19.9. The summed E-state index contributed by atoms with van der Waals surface area (Å²) in [7, 11) is 0. The Morgan fingerprint density at radius 1 is 0.864 bits per heavy atom. The van der Waals surface area contributed by atoms with Crippen molar-refractivity contribution in [2.75, 3.05) is 0 Å². The Morgan fingerprint density at radius 3 is 2.18 bits per heavy atom. The van der Waals surface area contributed by atoms with Crippen molar-refractivity contribution >= 4 is 45.5 Å². The second kappa shape index (κ2) is 12.3. The Bertz CT molecular complexity index is 509. The molecule has 1 heterocycles. The molecule has 124 valence electrons. The lowest BCUT2D eigenvalue weighted by Gasteiger charge is -2.04. The molecule has 0 amide bonds. The highest BCUT2D eigenvalue weighted by molar-refractivity contribution is 14.0. The zero-order valence-electron chi connectivity index (χ0n) is 13.9. The van der Waals surface area contributed by atoms with Gasteiger partial charge in [0.25, 0.3) is 0 Å². The summed E-state index contributed by atoms with van der Waals surface area (Å²) in [6, 6.07) is 6.54. The lowest BCUT2D eigenvalue weighted by Crippen LogP contribution is -1.87. The van der Waals surface area contributed by atoms with Crippen LogP contribution in [0.1, 0.15) is 76.7 Å². The smallest absolute Gasteiger partial charge is 0.0814 e. The van der Waals surface area contributed by atoms with Crippen LogP contribution in [0, 0.1) is 0 Å². The predicted octanol–water partition coefficient (Wildman–Crippen LogP) is 7.38. The average Bonchev–Trinajstić information content (AvgIpc) is 2.98. The van der Waals surface area contributed by atoms with Crippen LogP contribution in [-0.2, 0) is 6.42 Å². The SMILES string of the molecule is CCCCCCCCCCCCc1cccc2ncsc12.I. The molecule has 0 fully saturated rings. The van der Waals surface area contributed by atoms with Gasteiger partial charge in [0.2, 0.25) is 0 Å². The van der Waals surface area contributed by atoms with E-state index in [1.807, 2.05) is 5.51 Å². The molecule has 0 atom stereocenters. The van der Waals surface area contributed by atoms with Crippen LogP contribution in [0.25, 0.3) is 10.2 Å². The summed E-state index contributed by atoms with van der Waals surface area (Å²) in [5, 5.41) is 0. The maximum Gasteiger partial charge on any atom is 0.0814 e. The number of unbranched alkanes of at least 4 members (excludes halogenated alkanes) is 9. The number of fused-ring (bicyclic) bond motifs is 1. The van der Waals surface area contributed by atoms with Crippen molar-refractivity contribution < 1.29 is 0 Å². The molecule has 0 aliphatic carbocycles. The second-order valence-electron chi connectivity index (χ2n) is 6.05. The molecule has 1 aromatic heterocycles. The second-order valence-corrected chi connectivity index (χ2v) is 6.90. The maximum atomic E-state index is 4.40. The number of aromatic nitrogens is 1. The van der Waals surface area contributed by atoms with E-state index in [0.717, 1.165) is 0 Å². The largest absolute Gasteiger partial charge is 0.245 e. The highest BCUT2D eigenvalue weighted by Crippen LogP contribution is 2.24. The van der Waals surface area contributed by atoms with Gasteiger partial charge in [0.1, 0.15) is 0 Å². The average molecular weight is 431 g/mol. The van der Waals surface area contributed by atoms with Gasteiger partial charge >= 0.3 is 0 Å². The van der Waals surface area contributed by atoms with Crippen molar-refractivity contribution in [3.63, 3.8) is 0 Å². The molecule has 0 N–H and O–H groups in total. The molecule has 1 nitrogen and oxygen atoms in total. The Balaban J connectivity index is 0.00000242. The molecule has 0 saturated carbocycles. The van der Waals surface area contributed by atoms with E-state index in [1.165, 1.54) is 86.4 Å². The summed E-state index contributed by atoms with van der Waals surface area (Å²) >= 11 is 1.78. The maximum absolute atomic E-state index is 4.40. The van der Waals surface area contributed by atoms with E-state index >= 15 is 0 Å². The standard InChI is InChI=1S/C19H29NS.HI/c1-2-3-4-5-6-7-8-9-10-11-13-17-14-12-15-18-19(17)21-16-20-18;/h12,14-16H,2-11,13H2,1H3;1H. The highest BCUT2D eigenvalue weighted by Gasteiger charge is 2.02. The summed E-state index contributed by atoms with van der Waals surface area (Å²) in [5.74, 6) is 0. The Morgan fingerprint density at radius 2 is 1.50 bits per heavy atom. The van der Waals surface area contributed by atoms with E-state index in [-0.39, 0.29) is 24.0 Å². The van der Waals surface area contributed by atoms with Gasteiger partial charge in [0.05, 0.1) is 15.7 Å². The fraction of sp³-hybridized carbons (Fsp3) is 0.632. The molecule has 3 heteroatoms. The molecule has 0 unspecified atom stereocenters. The fourth-order valence-corrected chi connectivity index (χ4v) is 3.78. The third-order valence-corrected chi connectivity index (χ3v) is 5.16. The van der Waals surface area contributed by atoms with Gasteiger partial charge in [-0.15, -0.1) is 35.3 Å². The van der Waals surface area contributed by atoms with Gasteiger partial charge in [-0.25, -0.2) is 4.98 Å². The monoisotopic (exact) mass is 431 g/mol. The molecule has 0 aliphatic rings. The summed E-state index contributed by atoms with van der Waals surface area (Å²) in [6.45, 7) is 2.28.